The summed E-state index contributed by atoms with van der Waals surface area (Å²) in [6.07, 6.45) is 0.981. The van der Waals surface area contributed by atoms with Gasteiger partial charge in [0.25, 0.3) is 5.91 Å². The van der Waals surface area contributed by atoms with E-state index in [1.807, 2.05) is 11.9 Å². The first kappa shape index (κ1) is 13.4. The van der Waals surface area contributed by atoms with E-state index in [1.165, 1.54) is 0 Å². The number of hydrazine groups is 1. The monoisotopic (exact) mass is 203 g/mol. The molecule has 0 rings (SSSR count). The fourth-order valence-electron chi connectivity index (χ4n) is 1.23. The van der Waals surface area contributed by atoms with Gasteiger partial charge < -0.3 is 4.74 Å². The molecular weight excluding hydrogens is 182 g/mol. The van der Waals surface area contributed by atoms with Crippen molar-refractivity contribution in [2.24, 2.45) is 5.84 Å². The predicted molar refractivity (Wildman–Crippen MR) is 55.5 cm³/mol. The van der Waals surface area contributed by atoms with Gasteiger partial charge in [-0.05, 0) is 20.4 Å². The number of ether oxygens (including phenoxy) is 1. The molecule has 2 unspecified atom stereocenters. The second-order valence-corrected chi connectivity index (χ2v) is 3.40. The van der Waals surface area contributed by atoms with Gasteiger partial charge in [-0.25, -0.2) is 5.84 Å². The van der Waals surface area contributed by atoms with Crippen LogP contribution in [0.25, 0.3) is 0 Å². The van der Waals surface area contributed by atoms with Gasteiger partial charge in [-0.1, -0.05) is 6.92 Å². The van der Waals surface area contributed by atoms with Crippen LogP contribution >= 0.6 is 0 Å². The van der Waals surface area contributed by atoms with Crippen molar-refractivity contribution in [1.29, 1.82) is 0 Å². The third kappa shape index (κ3) is 3.61. The average molecular weight is 203 g/mol. The molecular formula is C9H21N3O2. The third-order valence-electron chi connectivity index (χ3n) is 2.55. The number of nitrogens with two attached hydrogens (primary N) is 1. The fourth-order valence-corrected chi connectivity index (χ4v) is 1.23. The molecule has 1 amide bonds. The minimum Gasteiger partial charge on any atom is -0.383 e. The highest BCUT2D eigenvalue weighted by Crippen LogP contribution is 2.06. The van der Waals surface area contributed by atoms with Crippen molar-refractivity contribution in [3.8, 4) is 0 Å². The van der Waals surface area contributed by atoms with Crippen LogP contribution in [-0.2, 0) is 9.53 Å². The van der Waals surface area contributed by atoms with E-state index in [0.29, 0.717) is 12.6 Å². The molecule has 0 fully saturated rings. The number of likely N-dealkylation sites (N-methyl/N-ethyl adjacent to an activating group) is 1. The van der Waals surface area contributed by atoms with Crippen LogP contribution in [-0.4, -0.2) is 43.7 Å². The molecule has 0 aliphatic carbocycles. The SMILES string of the molecule is CCC(C)N(C)C(COC)C(=O)NN. The molecule has 5 heteroatoms. The zero-order chi connectivity index (χ0) is 11.1. The summed E-state index contributed by atoms with van der Waals surface area (Å²) < 4.78 is 4.98. The summed E-state index contributed by atoms with van der Waals surface area (Å²) >= 11 is 0. The highest BCUT2D eigenvalue weighted by atomic mass is 16.5. The second-order valence-electron chi connectivity index (χ2n) is 3.40. The molecule has 5 nitrogen and oxygen atoms in total. The zero-order valence-corrected chi connectivity index (χ0v) is 9.41. The lowest BCUT2D eigenvalue weighted by Crippen LogP contribution is -2.52. The molecule has 0 radical (unpaired) electrons. The van der Waals surface area contributed by atoms with Gasteiger partial charge in [-0.15, -0.1) is 0 Å². The maximum Gasteiger partial charge on any atom is 0.253 e. The summed E-state index contributed by atoms with van der Waals surface area (Å²) in [5.41, 5.74) is 2.15. The van der Waals surface area contributed by atoms with E-state index in [0.717, 1.165) is 6.42 Å². The van der Waals surface area contributed by atoms with Crippen LogP contribution in [0.5, 0.6) is 0 Å². The highest BCUT2D eigenvalue weighted by molar-refractivity contribution is 5.81. The molecule has 0 aromatic heterocycles. The van der Waals surface area contributed by atoms with Gasteiger partial charge in [-0.3, -0.25) is 15.1 Å². The first-order chi connectivity index (χ1) is 6.58. The van der Waals surface area contributed by atoms with Gasteiger partial charge in [0, 0.05) is 13.2 Å². The number of hydrogen-bond donors (Lipinski definition) is 2. The number of methoxy groups -OCH3 is 1. The summed E-state index contributed by atoms with van der Waals surface area (Å²) in [6.45, 7) is 4.49. The van der Waals surface area contributed by atoms with Crippen molar-refractivity contribution >= 4 is 5.91 Å². The molecule has 84 valence electrons. The minimum absolute atomic E-state index is 0.213. The molecule has 0 bridgehead atoms. The van der Waals surface area contributed by atoms with E-state index < -0.39 is 0 Å². The lowest BCUT2D eigenvalue weighted by Gasteiger charge is -2.30. The van der Waals surface area contributed by atoms with Crippen LogP contribution in [0, 0.1) is 0 Å². The van der Waals surface area contributed by atoms with Gasteiger partial charge in [0.15, 0.2) is 0 Å². The Labute approximate surface area is 85.6 Å². The normalized spacial score (nSPS) is 15.3. The number of amides is 1. The zero-order valence-electron chi connectivity index (χ0n) is 9.41. The first-order valence-corrected chi connectivity index (χ1v) is 4.79. The van der Waals surface area contributed by atoms with Gasteiger partial charge in [0.05, 0.1) is 6.61 Å². The Morgan fingerprint density at radius 3 is 2.57 bits per heavy atom. The van der Waals surface area contributed by atoms with E-state index in [-0.39, 0.29) is 11.9 Å². The second kappa shape index (κ2) is 6.75. The molecule has 0 aromatic rings. The van der Waals surface area contributed by atoms with Gasteiger partial charge in [-0.2, -0.15) is 0 Å². The Morgan fingerprint density at radius 1 is 1.64 bits per heavy atom. The minimum atomic E-state index is -0.319. The number of nitrogens with zero attached hydrogens (tertiary/aromatic N) is 1. The highest BCUT2D eigenvalue weighted by Gasteiger charge is 2.24. The Morgan fingerprint density at radius 2 is 2.21 bits per heavy atom. The quantitative estimate of drug-likeness (QED) is 0.354. The van der Waals surface area contributed by atoms with Crippen LogP contribution in [0.3, 0.4) is 0 Å². The van der Waals surface area contributed by atoms with Crippen molar-refractivity contribution in [3.63, 3.8) is 0 Å². The van der Waals surface area contributed by atoms with Crippen molar-refractivity contribution in [3.05, 3.63) is 0 Å². The van der Waals surface area contributed by atoms with E-state index in [2.05, 4.69) is 19.3 Å². The first-order valence-electron chi connectivity index (χ1n) is 4.79. The summed E-state index contributed by atoms with van der Waals surface area (Å²) in [6, 6.07) is 0.00685. The van der Waals surface area contributed by atoms with Crippen LogP contribution in [0.4, 0.5) is 0 Å². The van der Waals surface area contributed by atoms with Crippen LogP contribution in [0.1, 0.15) is 20.3 Å². The maximum absolute atomic E-state index is 11.4. The predicted octanol–water partition coefficient (Wildman–Crippen LogP) is -0.278. The van der Waals surface area contributed by atoms with Crippen LogP contribution in [0.2, 0.25) is 0 Å². The number of rotatable bonds is 6. The largest absolute Gasteiger partial charge is 0.383 e. The third-order valence-corrected chi connectivity index (χ3v) is 2.55. The molecule has 14 heavy (non-hydrogen) atoms. The Hall–Kier alpha value is -0.650. The van der Waals surface area contributed by atoms with E-state index in [9.17, 15) is 4.79 Å². The van der Waals surface area contributed by atoms with E-state index in [1.54, 1.807) is 7.11 Å². The Kier molecular flexibility index (Phi) is 6.44. The van der Waals surface area contributed by atoms with E-state index in [4.69, 9.17) is 10.6 Å². The molecule has 0 heterocycles. The Balaban J connectivity index is 4.39. The van der Waals surface area contributed by atoms with Crippen molar-refractivity contribution < 1.29 is 9.53 Å². The summed E-state index contributed by atoms with van der Waals surface area (Å²) in [4.78, 5) is 13.4. The number of nitrogens with one attached hydrogen (secondary N) is 1. The average Bonchev–Trinajstić information content (AvgIpc) is 2.22. The van der Waals surface area contributed by atoms with Gasteiger partial charge in [0.1, 0.15) is 6.04 Å². The molecule has 0 aliphatic rings. The van der Waals surface area contributed by atoms with E-state index >= 15 is 0 Å². The molecule has 0 aromatic carbocycles. The molecule has 3 N–H and O–H groups in total. The van der Waals surface area contributed by atoms with Crippen molar-refractivity contribution in [1.82, 2.24) is 10.3 Å². The van der Waals surface area contributed by atoms with Crippen LogP contribution in [0.15, 0.2) is 0 Å². The standard InChI is InChI=1S/C9H21N3O2/c1-5-7(2)12(3)8(6-14-4)9(13)11-10/h7-8H,5-6,10H2,1-4H3,(H,11,13). The lowest BCUT2D eigenvalue weighted by atomic mass is 10.1. The molecule has 2 atom stereocenters. The van der Waals surface area contributed by atoms with Crippen LogP contribution < -0.4 is 11.3 Å². The summed E-state index contributed by atoms with van der Waals surface area (Å²) in [5.74, 6) is 4.89. The maximum atomic E-state index is 11.4. The summed E-state index contributed by atoms with van der Waals surface area (Å²) in [5, 5.41) is 0. The smallest absolute Gasteiger partial charge is 0.253 e. The molecule has 0 saturated carbocycles. The summed E-state index contributed by atoms with van der Waals surface area (Å²) in [7, 11) is 3.47. The Bertz CT molecular complexity index is 175. The van der Waals surface area contributed by atoms with Crippen molar-refractivity contribution in [2.75, 3.05) is 20.8 Å². The van der Waals surface area contributed by atoms with Gasteiger partial charge >= 0.3 is 0 Å². The number of carbonyl (C=O) groups is 1. The fraction of sp³-hybridized carbons (Fsp3) is 0.889. The van der Waals surface area contributed by atoms with Gasteiger partial charge in [0.2, 0.25) is 0 Å². The molecule has 0 aliphatic heterocycles. The number of carbonyl (C=O) groups excluding carboxylic acids is 1. The topological polar surface area (TPSA) is 67.6 Å². The molecule has 0 spiro atoms. The molecule has 0 saturated heterocycles. The number of hydrogen-bond acceptors (Lipinski definition) is 4. The van der Waals surface area contributed by atoms with Crippen molar-refractivity contribution in [2.45, 2.75) is 32.4 Å². The lowest BCUT2D eigenvalue weighted by molar-refractivity contribution is -0.128.